The molecule has 0 saturated heterocycles. The molecule has 5 nitrogen and oxygen atoms in total. The SMILES string of the molecule is C=CC(=O)OCCC[Si](C)(OC(CC)[Si](C)(C)C)C(C)(CC)C(CC)O[Si](C)(C)C(C)(CC)O[Si](C)(C)C. The normalized spacial score (nSPS) is 19.6. The van der Waals surface area contributed by atoms with Gasteiger partial charge in [-0.05, 0) is 84.4 Å². The maximum atomic E-state index is 11.7. The van der Waals surface area contributed by atoms with Crippen molar-refractivity contribution in [2.75, 3.05) is 6.61 Å². The maximum absolute atomic E-state index is 11.7. The maximum Gasteiger partial charge on any atom is 0.330 e. The van der Waals surface area contributed by atoms with E-state index in [9.17, 15) is 4.79 Å². The number of rotatable bonds is 19. The van der Waals surface area contributed by atoms with Crippen LogP contribution in [-0.4, -0.2) is 62.7 Å². The number of carbonyl (C=O) groups excluding carboxylic acids is 1. The Balaban J connectivity index is 6.51. The third kappa shape index (κ3) is 10.1. The summed E-state index contributed by atoms with van der Waals surface area (Å²) in [6.45, 7) is 38.9. The van der Waals surface area contributed by atoms with E-state index in [0.29, 0.717) is 12.3 Å². The second-order valence-electron chi connectivity index (χ2n) is 14.2. The molecule has 0 rings (SSSR count). The van der Waals surface area contributed by atoms with E-state index in [2.05, 4.69) is 107 Å². The monoisotopic (exact) mass is 604 g/mol. The molecule has 5 unspecified atom stereocenters. The molecule has 0 aromatic carbocycles. The average Bonchev–Trinajstić information content (AvgIpc) is 2.80. The molecular weight excluding hydrogens is 541 g/mol. The van der Waals surface area contributed by atoms with Crippen LogP contribution in [0.5, 0.6) is 0 Å². The Labute approximate surface area is 241 Å². The van der Waals surface area contributed by atoms with Gasteiger partial charge in [0.25, 0.3) is 0 Å². The number of ether oxygens (including phenoxy) is 1. The van der Waals surface area contributed by atoms with E-state index in [0.717, 1.165) is 38.1 Å². The van der Waals surface area contributed by atoms with Gasteiger partial charge in [0.15, 0.2) is 16.6 Å². The molecule has 0 fully saturated rings. The predicted octanol–water partition coefficient (Wildman–Crippen LogP) is 9.08. The Kier molecular flexibility index (Phi) is 14.7. The molecule has 226 valence electrons. The molecule has 5 atom stereocenters. The smallest absolute Gasteiger partial charge is 0.330 e. The van der Waals surface area contributed by atoms with Crippen molar-refractivity contribution in [2.45, 2.75) is 161 Å². The van der Waals surface area contributed by atoms with Crippen LogP contribution in [0.25, 0.3) is 0 Å². The average molecular weight is 605 g/mol. The topological polar surface area (TPSA) is 54.0 Å². The summed E-state index contributed by atoms with van der Waals surface area (Å²) in [5.74, 6) is -0.357. The molecule has 0 spiro atoms. The zero-order chi connectivity index (χ0) is 30.2. The van der Waals surface area contributed by atoms with Gasteiger partial charge in [-0.3, -0.25) is 0 Å². The Morgan fingerprint density at radius 1 is 0.868 bits per heavy atom. The van der Waals surface area contributed by atoms with E-state index in [1.807, 2.05) is 0 Å². The highest BCUT2D eigenvalue weighted by Gasteiger charge is 2.56. The largest absolute Gasteiger partial charge is 0.463 e. The molecule has 0 radical (unpaired) electrons. The molecule has 0 heterocycles. The fourth-order valence-electron chi connectivity index (χ4n) is 5.69. The summed E-state index contributed by atoms with van der Waals surface area (Å²) in [5.41, 5.74) is 0.291. The number of carbonyl (C=O) groups is 1. The Morgan fingerprint density at radius 3 is 1.79 bits per heavy atom. The number of esters is 1. The second-order valence-corrected chi connectivity index (χ2v) is 32.6. The van der Waals surface area contributed by atoms with E-state index in [4.69, 9.17) is 18.0 Å². The third-order valence-corrected chi connectivity index (χ3v) is 21.9. The van der Waals surface area contributed by atoms with Crippen LogP contribution in [0, 0.1) is 0 Å². The standard InChI is InChI=1S/C29H64O5Si4/c1-17-25(32-37(14,15)29(7,21-5)34-36(11,12)13)28(6,20-4)38(16,24-22-23-31-26(30)18-2)33-27(19-3)35(8,9)10/h18,25,27H,2,17,19-24H2,1,3-16H3. The van der Waals surface area contributed by atoms with E-state index >= 15 is 0 Å². The van der Waals surface area contributed by atoms with Gasteiger partial charge in [-0.2, -0.15) is 0 Å². The molecule has 0 bridgehead atoms. The van der Waals surface area contributed by atoms with Crippen molar-refractivity contribution in [1.29, 1.82) is 0 Å². The fraction of sp³-hybridized carbons (Fsp3) is 0.897. The van der Waals surface area contributed by atoms with E-state index < -0.39 is 33.0 Å². The van der Waals surface area contributed by atoms with Crippen molar-refractivity contribution in [2.24, 2.45) is 0 Å². The first-order chi connectivity index (χ1) is 17.1. The quantitative estimate of drug-likeness (QED) is 0.0637. The van der Waals surface area contributed by atoms with Gasteiger partial charge in [0, 0.05) is 16.8 Å². The number of hydrogen-bond donors (Lipinski definition) is 0. The third-order valence-electron chi connectivity index (χ3n) is 8.89. The van der Waals surface area contributed by atoms with Crippen LogP contribution in [-0.2, 0) is 22.8 Å². The summed E-state index contributed by atoms with van der Waals surface area (Å²) in [5, 5.41) is -0.350. The molecule has 0 N–H and O–H groups in total. The molecule has 0 aromatic heterocycles. The summed E-state index contributed by atoms with van der Waals surface area (Å²) in [7, 11) is -8.00. The van der Waals surface area contributed by atoms with Crippen LogP contribution in [0.3, 0.4) is 0 Å². The summed E-state index contributed by atoms with van der Waals surface area (Å²) < 4.78 is 27.0. The summed E-state index contributed by atoms with van der Waals surface area (Å²) >= 11 is 0. The van der Waals surface area contributed by atoms with Gasteiger partial charge in [-0.15, -0.1) is 0 Å². The first-order valence-corrected chi connectivity index (χ1v) is 27.5. The van der Waals surface area contributed by atoms with Crippen LogP contribution in [0.4, 0.5) is 0 Å². The number of hydrogen-bond acceptors (Lipinski definition) is 5. The second kappa shape index (κ2) is 14.7. The van der Waals surface area contributed by atoms with E-state index in [1.54, 1.807) is 0 Å². The highest BCUT2D eigenvalue weighted by molar-refractivity contribution is 6.81. The molecular formula is C29H64O5Si4. The molecule has 0 amide bonds. The minimum Gasteiger partial charge on any atom is -0.463 e. The van der Waals surface area contributed by atoms with Crippen molar-refractivity contribution >= 4 is 39.0 Å². The molecule has 38 heavy (non-hydrogen) atoms. The van der Waals surface area contributed by atoms with Gasteiger partial charge in [0.1, 0.15) is 0 Å². The molecule has 9 heteroatoms. The predicted molar refractivity (Wildman–Crippen MR) is 175 cm³/mol. The van der Waals surface area contributed by atoms with Gasteiger partial charge >= 0.3 is 5.97 Å². The molecule has 0 saturated carbocycles. The Bertz CT molecular complexity index is 748. The van der Waals surface area contributed by atoms with Gasteiger partial charge < -0.3 is 18.0 Å². The van der Waals surface area contributed by atoms with Gasteiger partial charge in [0.05, 0.1) is 26.0 Å². The Morgan fingerprint density at radius 2 is 1.42 bits per heavy atom. The van der Waals surface area contributed by atoms with Gasteiger partial charge in [0.2, 0.25) is 8.32 Å². The van der Waals surface area contributed by atoms with Gasteiger partial charge in [-0.25, -0.2) is 4.79 Å². The molecule has 0 aromatic rings. The van der Waals surface area contributed by atoms with Crippen LogP contribution in [0.2, 0.25) is 70.0 Å². The molecule has 0 aliphatic heterocycles. The summed E-state index contributed by atoms with van der Waals surface area (Å²) in [4.78, 5) is 11.7. The summed E-state index contributed by atoms with van der Waals surface area (Å²) in [6, 6.07) is 0.932. The van der Waals surface area contributed by atoms with Crippen LogP contribution in [0.1, 0.15) is 73.6 Å². The lowest BCUT2D eigenvalue weighted by molar-refractivity contribution is -0.137. The van der Waals surface area contributed by atoms with Crippen LogP contribution in [0.15, 0.2) is 12.7 Å². The van der Waals surface area contributed by atoms with Crippen LogP contribution < -0.4 is 0 Å². The van der Waals surface area contributed by atoms with Crippen molar-refractivity contribution in [3.8, 4) is 0 Å². The van der Waals surface area contributed by atoms with Crippen molar-refractivity contribution < 1.29 is 22.8 Å². The van der Waals surface area contributed by atoms with Crippen LogP contribution >= 0.6 is 0 Å². The minimum absolute atomic E-state index is 0.0804. The first-order valence-electron chi connectivity index (χ1n) is 15.0. The van der Waals surface area contributed by atoms with Crippen molar-refractivity contribution in [3.05, 3.63) is 12.7 Å². The summed E-state index contributed by atoms with van der Waals surface area (Å²) in [6.07, 6.45) is 6.02. The van der Waals surface area contributed by atoms with E-state index in [-0.39, 0.29) is 22.3 Å². The Hall–Kier alpha value is -0.0425. The fourth-order valence-corrected chi connectivity index (χ4v) is 19.1. The minimum atomic E-state index is -2.40. The first kappa shape index (κ1) is 38.0. The van der Waals surface area contributed by atoms with Gasteiger partial charge in [-0.1, -0.05) is 60.8 Å². The van der Waals surface area contributed by atoms with E-state index in [1.165, 1.54) is 6.08 Å². The highest BCUT2D eigenvalue weighted by Crippen LogP contribution is 2.52. The zero-order valence-electron chi connectivity index (χ0n) is 27.9. The lowest BCUT2D eigenvalue weighted by Crippen LogP contribution is -2.64. The van der Waals surface area contributed by atoms with Crippen molar-refractivity contribution in [1.82, 2.24) is 0 Å². The zero-order valence-corrected chi connectivity index (χ0v) is 31.9. The molecule has 0 aliphatic rings. The highest BCUT2D eigenvalue weighted by atomic mass is 28.4. The lowest BCUT2D eigenvalue weighted by atomic mass is 9.98. The molecule has 0 aliphatic carbocycles. The van der Waals surface area contributed by atoms with Crippen molar-refractivity contribution in [3.63, 3.8) is 0 Å². The lowest BCUT2D eigenvalue weighted by Gasteiger charge is -2.54.